The fourth-order valence-electron chi connectivity index (χ4n) is 2.87. The zero-order chi connectivity index (χ0) is 17.4. The van der Waals surface area contributed by atoms with Crippen molar-refractivity contribution >= 4 is 11.0 Å². The number of rotatable bonds is 4. The molecule has 2 heterocycles. The van der Waals surface area contributed by atoms with Crippen LogP contribution in [0.25, 0.3) is 22.4 Å². The molecule has 4 aromatic rings. The van der Waals surface area contributed by atoms with Crippen molar-refractivity contribution in [3.63, 3.8) is 0 Å². The summed E-state index contributed by atoms with van der Waals surface area (Å²) in [5, 5.41) is 10.0. The number of aliphatic hydroxyl groups is 1. The quantitative estimate of drug-likeness (QED) is 0.613. The molecule has 1 N–H and O–H groups in total. The van der Waals surface area contributed by atoms with Gasteiger partial charge in [-0.3, -0.25) is 0 Å². The third-order valence-electron chi connectivity index (χ3n) is 4.01. The Hall–Kier alpha value is -2.99. The minimum absolute atomic E-state index is 0.326. The van der Waals surface area contributed by atoms with E-state index in [9.17, 15) is 9.50 Å². The maximum atomic E-state index is 13.4. The Labute approximate surface area is 143 Å². The fourth-order valence-corrected chi connectivity index (χ4v) is 2.87. The topological polar surface area (TPSA) is 64.1 Å². The number of nitrogens with zero attached hydrogens (tertiary/aromatic N) is 3. The summed E-state index contributed by atoms with van der Waals surface area (Å²) in [6, 6.07) is 13.8. The molecule has 5 nitrogen and oxygen atoms in total. The highest BCUT2D eigenvalue weighted by atomic mass is 19.1. The summed E-state index contributed by atoms with van der Waals surface area (Å²) in [6.45, 7) is 2.00. The van der Waals surface area contributed by atoms with Gasteiger partial charge in [0.1, 0.15) is 24.3 Å². The fraction of sp³-hybridized carbons (Fsp3) is 0.158. The second kappa shape index (κ2) is 6.14. The molecule has 126 valence electrons. The molecule has 0 fully saturated rings. The Kier molecular flexibility index (Phi) is 3.82. The van der Waals surface area contributed by atoms with Crippen molar-refractivity contribution in [1.29, 1.82) is 0 Å². The molecule has 0 aliphatic rings. The van der Waals surface area contributed by atoms with E-state index in [0.717, 1.165) is 11.0 Å². The molecule has 1 unspecified atom stereocenters. The van der Waals surface area contributed by atoms with Crippen LogP contribution in [0, 0.1) is 5.82 Å². The van der Waals surface area contributed by atoms with E-state index in [1.54, 1.807) is 25.3 Å². The molecule has 0 aliphatic heterocycles. The van der Waals surface area contributed by atoms with Crippen molar-refractivity contribution in [1.82, 2.24) is 14.5 Å². The number of oxazole rings is 1. The molecule has 4 rings (SSSR count). The Bertz CT molecular complexity index is 1040. The Balaban J connectivity index is 1.72. The number of aliphatic hydroxyl groups excluding tert-OH is 1. The summed E-state index contributed by atoms with van der Waals surface area (Å²) in [7, 11) is 0. The van der Waals surface area contributed by atoms with Gasteiger partial charge in [0.2, 0.25) is 5.89 Å². The number of hydrogen-bond acceptors (Lipinski definition) is 4. The third-order valence-corrected chi connectivity index (χ3v) is 4.01. The molecule has 0 aliphatic carbocycles. The lowest BCUT2D eigenvalue weighted by atomic mass is 10.2. The third kappa shape index (κ3) is 2.92. The number of para-hydroxylation sites is 2. The van der Waals surface area contributed by atoms with Gasteiger partial charge in [0.25, 0.3) is 0 Å². The lowest BCUT2D eigenvalue weighted by Crippen LogP contribution is -2.08. The number of aromatic nitrogens is 3. The van der Waals surface area contributed by atoms with E-state index in [4.69, 9.17) is 4.42 Å². The predicted molar refractivity (Wildman–Crippen MR) is 91.4 cm³/mol. The number of halogens is 1. The minimum Gasteiger partial charge on any atom is -0.439 e. The van der Waals surface area contributed by atoms with Crippen LogP contribution in [0.15, 0.2) is 59.1 Å². The molecule has 0 radical (unpaired) electrons. The van der Waals surface area contributed by atoms with E-state index in [1.807, 2.05) is 28.8 Å². The molecule has 0 spiro atoms. The van der Waals surface area contributed by atoms with E-state index in [1.165, 1.54) is 12.1 Å². The molecule has 2 aromatic heterocycles. The highest BCUT2D eigenvalue weighted by Crippen LogP contribution is 2.25. The van der Waals surface area contributed by atoms with Gasteiger partial charge >= 0.3 is 0 Å². The number of fused-ring (bicyclic) bond motifs is 1. The largest absolute Gasteiger partial charge is 0.439 e. The van der Waals surface area contributed by atoms with Gasteiger partial charge in [0, 0.05) is 5.56 Å². The molecular formula is C19H16FN3O2. The molecule has 0 bridgehead atoms. The van der Waals surface area contributed by atoms with Crippen molar-refractivity contribution in [2.75, 3.05) is 0 Å². The second-order valence-electron chi connectivity index (χ2n) is 5.85. The average Bonchev–Trinajstić information content (AvgIpc) is 3.21. The summed E-state index contributed by atoms with van der Waals surface area (Å²) in [6.07, 6.45) is 0.857. The van der Waals surface area contributed by atoms with E-state index in [0.29, 0.717) is 29.6 Å². The van der Waals surface area contributed by atoms with Crippen LogP contribution >= 0.6 is 0 Å². The van der Waals surface area contributed by atoms with Gasteiger partial charge in [0.15, 0.2) is 5.76 Å². The lowest BCUT2D eigenvalue weighted by Gasteiger charge is -2.08. The van der Waals surface area contributed by atoms with E-state index < -0.39 is 6.10 Å². The first kappa shape index (κ1) is 15.5. The first-order valence-electron chi connectivity index (χ1n) is 7.95. The Morgan fingerprint density at radius 2 is 2.04 bits per heavy atom. The average molecular weight is 337 g/mol. The van der Waals surface area contributed by atoms with Gasteiger partial charge in [-0.2, -0.15) is 0 Å². The van der Waals surface area contributed by atoms with Crippen molar-refractivity contribution < 1.29 is 13.9 Å². The Morgan fingerprint density at radius 1 is 1.20 bits per heavy atom. The van der Waals surface area contributed by atoms with Gasteiger partial charge < -0.3 is 14.1 Å². The highest BCUT2D eigenvalue weighted by Gasteiger charge is 2.17. The predicted octanol–water partition coefficient (Wildman–Crippen LogP) is 3.93. The molecule has 6 heteroatoms. The zero-order valence-corrected chi connectivity index (χ0v) is 13.6. The SMILES string of the molecule is CC(O)c1nc2ccccc2n1Cc1ncc(-c2cccc(F)c2)o1. The number of hydrogen-bond donors (Lipinski definition) is 1. The van der Waals surface area contributed by atoms with Crippen LogP contribution in [0.4, 0.5) is 4.39 Å². The molecule has 2 aromatic carbocycles. The normalized spacial score (nSPS) is 12.6. The summed E-state index contributed by atoms with van der Waals surface area (Å²) in [5.74, 6) is 1.18. The van der Waals surface area contributed by atoms with Gasteiger partial charge in [-0.25, -0.2) is 14.4 Å². The van der Waals surface area contributed by atoms with Crippen LogP contribution in [-0.2, 0) is 6.54 Å². The second-order valence-corrected chi connectivity index (χ2v) is 5.85. The number of benzene rings is 2. The summed E-state index contributed by atoms with van der Waals surface area (Å²) in [5.41, 5.74) is 2.32. The van der Waals surface area contributed by atoms with Gasteiger partial charge in [-0.15, -0.1) is 0 Å². The van der Waals surface area contributed by atoms with Crippen LogP contribution in [0.2, 0.25) is 0 Å². The van der Waals surface area contributed by atoms with Crippen LogP contribution in [0.3, 0.4) is 0 Å². The van der Waals surface area contributed by atoms with Crippen LogP contribution in [0.1, 0.15) is 24.7 Å². The van der Waals surface area contributed by atoms with E-state index in [2.05, 4.69) is 9.97 Å². The Morgan fingerprint density at radius 3 is 2.84 bits per heavy atom. The molecule has 0 saturated carbocycles. The van der Waals surface area contributed by atoms with Gasteiger partial charge in [0.05, 0.1) is 17.2 Å². The smallest absolute Gasteiger partial charge is 0.214 e. The summed E-state index contributed by atoms with van der Waals surface area (Å²) >= 11 is 0. The molecule has 0 saturated heterocycles. The maximum absolute atomic E-state index is 13.4. The van der Waals surface area contributed by atoms with Crippen LogP contribution < -0.4 is 0 Å². The van der Waals surface area contributed by atoms with Gasteiger partial charge in [-0.05, 0) is 31.2 Å². The number of imidazole rings is 1. The zero-order valence-electron chi connectivity index (χ0n) is 13.6. The van der Waals surface area contributed by atoms with Crippen LogP contribution in [-0.4, -0.2) is 19.6 Å². The van der Waals surface area contributed by atoms with Crippen LogP contribution in [0.5, 0.6) is 0 Å². The monoisotopic (exact) mass is 337 g/mol. The molecular weight excluding hydrogens is 321 g/mol. The molecule has 0 amide bonds. The first-order valence-corrected chi connectivity index (χ1v) is 7.95. The molecule has 1 atom stereocenters. The summed E-state index contributed by atoms with van der Waals surface area (Å²) in [4.78, 5) is 8.76. The lowest BCUT2D eigenvalue weighted by molar-refractivity contribution is 0.184. The van der Waals surface area contributed by atoms with Crippen molar-refractivity contribution in [3.8, 4) is 11.3 Å². The van der Waals surface area contributed by atoms with Gasteiger partial charge in [-0.1, -0.05) is 24.3 Å². The van der Waals surface area contributed by atoms with Crippen molar-refractivity contribution in [2.24, 2.45) is 0 Å². The maximum Gasteiger partial charge on any atom is 0.214 e. The van der Waals surface area contributed by atoms with Crippen molar-refractivity contribution in [3.05, 3.63) is 72.3 Å². The van der Waals surface area contributed by atoms with Crippen molar-refractivity contribution in [2.45, 2.75) is 19.6 Å². The van der Waals surface area contributed by atoms with E-state index >= 15 is 0 Å². The first-order chi connectivity index (χ1) is 12.1. The highest BCUT2D eigenvalue weighted by molar-refractivity contribution is 5.76. The standard InChI is InChI=1S/C19H16FN3O2/c1-12(24)19-22-15-7-2-3-8-16(15)23(19)11-18-21-10-17(25-18)13-5-4-6-14(20)9-13/h2-10,12,24H,11H2,1H3. The minimum atomic E-state index is -0.718. The van der Waals surface area contributed by atoms with E-state index in [-0.39, 0.29) is 5.82 Å². The molecule has 25 heavy (non-hydrogen) atoms. The summed E-state index contributed by atoms with van der Waals surface area (Å²) < 4.78 is 21.0.